The van der Waals surface area contributed by atoms with Crippen LogP contribution >= 0.6 is 23.2 Å². The van der Waals surface area contributed by atoms with Crippen LogP contribution in [0, 0.1) is 6.92 Å². The molecule has 0 unspecified atom stereocenters. The molecule has 0 saturated heterocycles. The molecule has 0 aliphatic heterocycles. The van der Waals surface area contributed by atoms with Crippen LogP contribution in [0.15, 0.2) is 36.4 Å². The number of halogens is 2. The topological polar surface area (TPSA) is 67.2 Å². The summed E-state index contributed by atoms with van der Waals surface area (Å²) < 4.78 is 0. The standard InChI is InChI=1S/C14H13Cl2N3O/c1-8-3-2-4-11(16)13(8)18-14(20)10-7-9(15)5-6-12(10)19-17/h2-7,19H,17H2,1H3,(H,18,20). The van der Waals surface area contributed by atoms with Gasteiger partial charge in [-0.2, -0.15) is 0 Å². The van der Waals surface area contributed by atoms with Gasteiger partial charge in [0.2, 0.25) is 0 Å². The molecule has 6 heteroatoms. The molecule has 0 aliphatic carbocycles. The molecule has 2 rings (SSSR count). The van der Waals surface area contributed by atoms with E-state index in [-0.39, 0.29) is 5.91 Å². The molecule has 0 atom stereocenters. The van der Waals surface area contributed by atoms with Gasteiger partial charge in [0.1, 0.15) is 0 Å². The van der Waals surface area contributed by atoms with E-state index in [2.05, 4.69) is 10.7 Å². The Morgan fingerprint density at radius 3 is 2.60 bits per heavy atom. The fourth-order valence-electron chi connectivity index (χ4n) is 1.80. The van der Waals surface area contributed by atoms with Crippen molar-refractivity contribution >= 4 is 40.5 Å². The molecule has 0 saturated carbocycles. The first-order valence-electron chi connectivity index (χ1n) is 5.85. The van der Waals surface area contributed by atoms with E-state index in [1.54, 1.807) is 18.2 Å². The third-order valence-corrected chi connectivity index (χ3v) is 3.39. The molecule has 0 fully saturated rings. The third-order valence-electron chi connectivity index (χ3n) is 2.84. The summed E-state index contributed by atoms with van der Waals surface area (Å²) in [6.45, 7) is 1.86. The molecule has 104 valence electrons. The average Bonchev–Trinajstić information content (AvgIpc) is 2.43. The zero-order chi connectivity index (χ0) is 14.7. The average molecular weight is 310 g/mol. The number of nitrogens with one attached hydrogen (secondary N) is 2. The summed E-state index contributed by atoms with van der Waals surface area (Å²) >= 11 is 12.0. The van der Waals surface area contributed by atoms with Crippen LogP contribution in [0.5, 0.6) is 0 Å². The van der Waals surface area contributed by atoms with Crippen molar-refractivity contribution in [1.29, 1.82) is 0 Å². The molecule has 4 N–H and O–H groups in total. The first-order chi connectivity index (χ1) is 9.52. The molecular formula is C14H13Cl2N3O. The number of hydrogen-bond donors (Lipinski definition) is 3. The van der Waals surface area contributed by atoms with Crippen molar-refractivity contribution in [2.75, 3.05) is 10.7 Å². The second-order valence-corrected chi connectivity index (χ2v) is 5.06. The molecule has 0 heterocycles. The number of amides is 1. The van der Waals surface area contributed by atoms with Gasteiger partial charge in [0.25, 0.3) is 5.91 Å². The van der Waals surface area contributed by atoms with Crippen LogP contribution in [0.25, 0.3) is 0 Å². The monoisotopic (exact) mass is 309 g/mol. The SMILES string of the molecule is Cc1cccc(Cl)c1NC(=O)c1cc(Cl)ccc1NN. The van der Waals surface area contributed by atoms with Crippen LogP contribution in [0.4, 0.5) is 11.4 Å². The molecular weight excluding hydrogens is 297 g/mol. The zero-order valence-corrected chi connectivity index (χ0v) is 12.2. The van der Waals surface area contributed by atoms with E-state index >= 15 is 0 Å². The van der Waals surface area contributed by atoms with E-state index < -0.39 is 0 Å². The van der Waals surface area contributed by atoms with E-state index in [9.17, 15) is 4.79 Å². The minimum Gasteiger partial charge on any atom is -0.323 e. The number of anilines is 2. The Hall–Kier alpha value is -1.75. The number of nitrogen functional groups attached to an aromatic ring is 1. The maximum atomic E-state index is 12.3. The van der Waals surface area contributed by atoms with E-state index in [1.807, 2.05) is 19.1 Å². The summed E-state index contributed by atoms with van der Waals surface area (Å²) in [6.07, 6.45) is 0. The Balaban J connectivity index is 2.35. The van der Waals surface area contributed by atoms with Crippen LogP contribution in [0.1, 0.15) is 15.9 Å². The maximum Gasteiger partial charge on any atom is 0.257 e. The summed E-state index contributed by atoms with van der Waals surface area (Å²) in [5.41, 5.74) is 4.74. The van der Waals surface area contributed by atoms with Gasteiger partial charge in [0.15, 0.2) is 0 Å². The van der Waals surface area contributed by atoms with Crippen molar-refractivity contribution in [2.45, 2.75) is 6.92 Å². The molecule has 0 aliphatic rings. The highest BCUT2D eigenvalue weighted by Gasteiger charge is 2.14. The fraction of sp³-hybridized carbons (Fsp3) is 0.0714. The number of hydrogen-bond acceptors (Lipinski definition) is 3. The van der Waals surface area contributed by atoms with Gasteiger partial charge in [-0.15, -0.1) is 0 Å². The molecule has 0 bridgehead atoms. The minimum absolute atomic E-state index is 0.336. The highest BCUT2D eigenvalue weighted by molar-refractivity contribution is 6.34. The first-order valence-corrected chi connectivity index (χ1v) is 6.61. The van der Waals surface area contributed by atoms with Crippen LogP contribution < -0.4 is 16.6 Å². The van der Waals surface area contributed by atoms with Crippen LogP contribution in [0.2, 0.25) is 10.0 Å². The molecule has 0 spiro atoms. The van der Waals surface area contributed by atoms with Gasteiger partial charge in [-0.1, -0.05) is 35.3 Å². The summed E-state index contributed by atoms with van der Waals surface area (Å²) in [5, 5.41) is 3.70. The van der Waals surface area contributed by atoms with E-state index in [4.69, 9.17) is 29.0 Å². The Morgan fingerprint density at radius 2 is 1.95 bits per heavy atom. The number of carbonyl (C=O) groups excluding carboxylic acids is 1. The number of aryl methyl sites for hydroxylation is 1. The number of hydrazine groups is 1. The Bertz CT molecular complexity index is 639. The lowest BCUT2D eigenvalue weighted by Gasteiger charge is -2.13. The third kappa shape index (κ3) is 3.04. The van der Waals surface area contributed by atoms with E-state index in [1.165, 1.54) is 6.07 Å². The van der Waals surface area contributed by atoms with Crippen molar-refractivity contribution in [3.63, 3.8) is 0 Å². The minimum atomic E-state index is -0.336. The van der Waals surface area contributed by atoms with Crippen molar-refractivity contribution in [2.24, 2.45) is 5.84 Å². The first kappa shape index (κ1) is 14.7. The van der Waals surface area contributed by atoms with Crippen LogP contribution in [0.3, 0.4) is 0 Å². The smallest absolute Gasteiger partial charge is 0.257 e. The Labute approximate surface area is 126 Å². The highest BCUT2D eigenvalue weighted by atomic mass is 35.5. The highest BCUT2D eigenvalue weighted by Crippen LogP contribution is 2.27. The molecule has 0 radical (unpaired) electrons. The van der Waals surface area contributed by atoms with Crippen LogP contribution in [-0.4, -0.2) is 5.91 Å². The molecule has 1 amide bonds. The summed E-state index contributed by atoms with van der Waals surface area (Å²) in [5.74, 6) is 5.06. The van der Waals surface area contributed by atoms with Crippen molar-refractivity contribution in [3.05, 3.63) is 57.6 Å². The fourth-order valence-corrected chi connectivity index (χ4v) is 2.24. The van der Waals surface area contributed by atoms with Gasteiger partial charge < -0.3 is 10.7 Å². The largest absolute Gasteiger partial charge is 0.323 e. The van der Waals surface area contributed by atoms with Crippen molar-refractivity contribution < 1.29 is 4.79 Å². The predicted molar refractivity (Wildman–Crippen MR) is 83.4 cm³/mol. The number of rotatable bonds is 3. The quantitative estimate of drug-likeness (QED) is 0.596. The summed E-state index contributed by atoms with van der Waals surface area (Å²) in [4.78, 5) is 12.3. The number of nitrogens with two attached hydrogens (primary N) is 1. The summed E-state index contributed by atoms with van der Waals surface area (Å²) in [6, 6.07) is 10.2. The van der Waals surface area contributed by atoms with Crippen LogP contribution in [-0.2, 0) is 0 Å². The number of para-hydroxylation sites is 1. The molecule has 2 aromatic carbocycles. The normalized spacial score (nSPS) is 10.2. The Morgan fingerprint density at radius 1 is 1.20 bits per heavy atom. The van der Waals surface area contributed by atoms with Gasteiger partial charge >= 0.3 is 0 Å². The van der Waals surface area contributed by atoms with E-state index in [0.717, 1.165) is 5.56 Å². The lowest BCUT2D eigenvalue weighted by atomic mass is 10.1. The van der Waals surface area contributed by atoms with Crippen molar-refractivity contribution in [3.8, 4) is 0 Å². The summed E-state index contributed by atoms with van der Waals surface area (Å²) in [7, 11) is 0. The Kier molecular flexibility index (Phi) is 4.49. The van der Waals surface area contributed by atoms with Crippen molar-refractivity contribution in [1.82, 2.24) is 0 Å². The number of carbonyl (C=O) groups is 1. The molecule has 2 aromatic rings. The van der Waals surface area contributed by atoms with Gasteiger partial charge in [0.05, 0.1) is 22.0 Å². The molecule has 4 nitrogen and oxygen atoms in total. The lowest BCUT2D eigenvalue weighted by molar-refractivity contribution is 0.102. The van der Waals surface area contributed by atoms with Gasteiger partial charge in [-0.25, -0.2) is 0 Å². The second kappa shape index (κ2) is 6.13. The maximum absolute atomic E-state index is 12.3. The molecule has 0 aromatic heterocycles. The van der Waals surface area contributed by atoms with Gasteiger partial charge in [-0.05, 0) is 36.8 Å². The number of benzene rings is 2. The zero-order valence-electron chi connectivity index (χ0n) is 10.7. The van der Waals surface area contributed by atoms with Gasteiger partial charge in [0, 0.05) is 5.02 Å². The van der Waals surface area contributed by atoms with E-state index in [0.29, 0.717) is 27.0 Å². The lowest BCUT2D eigenvalue weighted by Crippen LogP contribution is -2.18. The van der Waals surface area contributed by atoms with Gasteiger partial charge in [-0.3, -0.25) is 10.6 Å². The second-order valence-electron chi connectivity index (χ2n) is 4.22. The molecule has 20 heavy (non-hydrogen) atoms. The predicted octanol–water partition coefficient (Wildman–Crippen LogP) is 3.84.